The monoisotopic (exact) mass is 147 g/mol. The molecule has 10 heavy (non-hydrogen) atoms. The summed E-state index contributed by atoms with van der Waals surface area (Å²) in [6, 6.07) is -0.315. The second-order valence-electron chi connectivity index (χ2n) is 2.83. The van der Waals surface area contributed by atoms with Crippen molar-refractivity contribution in [2.75, 3.05) is 21.2 Å². The van der Waals surface area contributed by atoms with E-state index in [-0.39, 0.29) is 16.6 Å². The molecule has 2 N–H and O–H groups in total. The molecule has 1 atom stereocenters. The standard InChI is InChI=1S/C6H15N2O2/c1-5(6(9)10-4)8(2,3)7/h5H,7H2,1-4H3/q+1. The van der Waals surface area contributed by atoms with Crippen LogP contribution in [0.25, 0.3) is 0 Å². The third-order valence-electron chi connectivity index (χ3n) is 1.54. The fourth-order valence-corrected chi connectivity index (χ4v) is 0.442. The number of methoxy groups -OCH3 is 1. The molecule has 0 aromatic rings. The lowest BCUT2D eigenvalue weighted by molar-refractivity contribution is -0.916. The Balaban J connectivity index is 4.08. The van der Waals surface area contributed by atoms with Gasteiger partial charge in [-0.05, 0) is 0 Å². The molecule has 0 saturated carbocycles. The van der Waals surface area contributed by atoms with Gasteiger partial charge in [-0.15, -0.1) is 0 Å². The van der Waals surface area contributed by atoms with Crippen molar-refractivity contribution in [3.05, 3.63) is 0 Å². The van der Waals surface area contributed by atoms with Gasteiger partial charge in [0.1, 0.15) is 0 Å². The number of hydrogen-bond donors (Lipinski definition) is 1. The summed E-state index contributed by atoms with van der Waals surface area (Å²) in [5.74, 6) is 5.31. The summed E-state index contributed by atoms with van der Waals surface area (Å²) in [7, 11) is 4.83. The highest BCUT2D eigenvalue weighted by Crippen LogP contribution is 1.99. The van der Waals surface area contributed by atoms with Crippen molar-refractivity contribution in [1.29, 1.82) is 0 Å². The van der Waals surface area contributed by atoms with Gasteiger partial charge in [-0.25, -0.2) is 9.39 Å². The quantitative estimate of drug-likeness (QED) is 0.248. The highest BCUT2D eigenvalue weighted by Gasteiger charge is 2.28. The zero-order chi connectivity index (χ0) is 8.36. The highest BCUT2D eigenvalue weighted by atomic mass is 16.5. The molecule has 0 amide bonds. The lowest BCUT2D eigenvalue weighted by Crippen LogP contribution is -2.56. The molecule has 0 heterocycles. The van der Waals surface area contributed by atoms with Crippen LogP contribution in [-0.4, -0.2) is 37.8 Å². The minimum Gasteiger partial charge on any atom is -0.465 e. The smallest absolute Gasteiger partial charge is 0.366 e. The Morgan fingerprint density at radius 2 is 2.00 bits per heavy atom. The van der Waals surface area contributed by atoms with E-state index >= 15 is 0 Å². The van der Waals surface area contributed by atoms with Crippen LogP contribution < -0.4 is 5.84 Å². The number of ether oxygens (including phenoxy) is 1. The third kappa shape index (κ3) is 2.33. The Hall–Kier alpha value is -0.610. The Labute approximate surface area is 61.1 Å². The Morgan fingerprint density at radius 3 is 2.10 bits per heavy atom. The van der Waals surface area contributed by atoms with Gasteiger partial charge < -0.3 is 4.74 Å². The van der Waals surface area contributed by atoms with E-state index in [1.165, 1.54) is 7.11 Å². The summed E-state index contributed by atoms with van der Waals surface area (Å²) in [5.41, 5.74) is 0. The van der Waals surface area contributed by atoms with Crippen molar-refractivity contribution >= 4 is 5.97 Å². The first kappa shape index (κ1) is 9.39. The predicted molar refractivity (Wildman–Crippen MR) is 37.8 cm³/mol. The first-order valence-corrected chi connectivity index (χ1v) is 3.09. The molecule has 0 aromatic heterocycles. The van der Waals surface area contributed by atoms with Crippen molar-refractivity contribution in [3.8, 4) is 0 Å². The molecule has 0 bridgehead atoms. The predicted octanol–water partition coefficient (Wildman–Crippen LogP) is -0.502. The molecule has 1 unspecified atom stereocenters. The first-order chi connectivity index (χ1) is 4.39. The minimum atomic E-state index is -0.315. The topological polar surface area (TPSA) is 52.3 Å². The summed E-state index contributed by atoms with van der Waals surface area (Å²) in [4.78, 5) is 10.8. The van der Waals surface area contributed by atoms with Crippen LogP contribution in [0.15, 0.2) is 0 Å². The van der Waals surface area contributed by atoms with Crippen LogP contribution in [0.4, 0.5) is 0 Å². The van der Waals surface area contributed by atoms with E-state index in [1.807, 2.05) is 0 Å². The van der Waals surface area contributed by atoms with Gasteiger partial charge in [-0.3, -0.25) is 0 Å². The van der Waals surface area contributed by atoms with Crippen LogP contribution >= 0.6 is 0 Å². The van der Waals surface area contributed by atoms with Crippen LogP contribution in [0.5, 0.6) is 0 Å². The Bertz CT molecular complexity index is 128. The molecule has 0 saturated heterocycles. The summed E-state index contributed by atoms with van der Waals surface area (Å²) >= 11 is 0. The van der Waals surface area contributed by atoms with E-state index in [0.717, 1.165) is 0 Å². The lowest BCUT2D eigenvalue weighted by atomic mass is 10.3. The molecule has 0 aromatic carbocycles. The van der Waals surface area contributed by atoms with E-state index in [4.69, 9.17) is 5.84 Å². The van der Waals surface area contributed by atoms with Gasteiger partial charge in [0.2, 0.25) is 6.04 Å². The van der Waals surface area contributed by atoms with Crippen molar-refractivity contribution in [3.63, 3.8) is 0 Å². The zero-order valence-electron chi connectivity index (χ0n) is 6.92. The fourth-order valence-electron chi connectivity index (χ4n) is 0.442. The molecular formula is C6H15N2O2+. The van der Waals surface area contributed by atoms with Gasteiger partial charge in [0.15, 0.2) is 0 Å². The summed E-state index contributed by atoms with van der Waals surface area (Å²) in [6.45, 7) is 1.73. The number of carbonyl (C=O) groups is 1. The van der Waals surface area contributed by atoms with Gasteiger partial charge in [-0.2, -0.15) is 5.84 Å². The highest BCUT2D eigenvalue weighted by molar-refractivity contribution is 5.73. The van der Waals surface area contributed by atoms with Gasteiger partial charge in [0, 0.05) is 6.92 Å². The minimum absolute atomic E-state index is 0.104. The van der Waals surface area contributed by atoms with E-state index in [2.05, 4.69) is 4.74 Å². The van der Waals surface area contributed by atoms with E-state index < -0.39 is 0 Å². The second kappa shape index (κ2) is 2.98. The molecule has 0 aliphatic rings. The lowest BCUT2D eigenvalue weighted by Gasteiger charge is -2.27. The van der Waals surface area contributed by atoms with Crippen molar-refractivity contribution in [2.45, 2.75) is 13.0 Å². The maximum absolute atomic E-state index is 10.8. The number of hydrogen-bond acceptors (Lipinski definition) is 3. The average Bonchev–Trinajstić information content (AvgIpc) is 1.83. The maximum atomic E-state index is 10.8. The number of quaternary nitrogens is 1. The molecule has 4 nitrogen and oxygen atoms in total. The SMILES string of the molecule is COC(=O)C(C)[N+](C)(C)N. The number of rotatable bonds is 2. The molecule has 0 aliphatic heterocycles. The summed E-state index contributed by atoms with van der Waals surface area (Å²) < 4.78 is 4.61. The van der Waals surface area contributed by atoms with Crippen LogP contribution in [0, 0.1) is 0 Å². The Morgan fingerprint density at radius 1 is 1.60 bits per heavy atom. The maximum Gasteiger partial charge on any atom is 0.366 e. The Kier molecular flexibility index (Phi) is 2.80. The molecule has 0 fully saturated rings. The molecule has 60 valence electrons. The number of nitrogens with two attached hydrogens (primary N) is 1. The number of likely N-dealkylation sites (N-methyl/N-ethyl adjacent to an activating group) is 1. The van der Waals surface area contributed by atoms with E-state index in [0.29, 0.717) is 0 Å². The number of carbonyl (C=O) groups excluding carboxylic acids is 1. The molecular weight excluding hydrogens is 132 g/mol. The van der Waals surface area contributed by atoms with Gasteiger partial charge >= 0.3 is 5.97 Å². The third-order valence-corrected chi connectivity index (χ3v) is 1.54. The molecule has 0 aliphatic carbocycles. The number of esters is 1. The summed E-state index contributed by atoms with van der Waals surface area (Å²) in [6.07, 6.45) is 0. The zero-order valence-corrected chi connectivity index (χ0v) is 6.92. The van der Waals surface area contributed by atoms with Crippen molar-refractivity contribution in [1.82, 2.24) is 0 Å². The van der Waals surface area contributed by atoms with Crippen molar-refractivity contribution < 1.29 is 14.1 Å². The molecule has 0 rings (SSSR count). The van der Waals surface area contributed by atoms with Crippen LogP contribution in [-0.2, 0) is 9.53 Å². The van der Waals surface area contributed by atoms with Crippen molar-refractivity contribution in [2.24, 2.45) is 5.84 Å². The van der Waals surface area contributed by atoms with Crippen LogP contribution in [0.1, 0.15) is 6.92 Å². The first-order valence-electron chi connectivity index (χ1n) is 3.09. The summed E-state index contributed by atoms with van der Waals surface area (Å²) in [5, 5.41) is 0. The molecule has 4 heteroatoms. The second-order valence-corrected chi connectivity index (χ2v) is 2.83. The van der Waals surface area contributed by atoms with Crippen LogP contribution in [0.3, 0.4) is 0 Å². The number of nitrogens with zero attached hydrogens (tertiary/aromatic N) is 1. The van der Waals surface area contributed by atoms with E-state index in [9.17, 15) is 4.79 Å². The fraction of sp³-hybridized carbons (Fsp3) is 0.833. The molecule has 0 spiro atoms. The largest absolute Gasteiger partial charge is 0.465 e. The van der Waals surface area contributed by atoms with Crippen LogP contribution in [0.2, 0.25) is 0 Å². The van der Waals surface area contributed by atoms with Gasteiger partial charge in [0.25, 0.3) is 0 Å². The van der Waals surface area contributed by atoms with E-state index in [1.54, 1.807) is 21.0 Å². The normalized spacial score (nSPS) is 14.5. The van der Waals surface area contributed by atoms with Gasteiger partial charge in [-0.1, -0.05) is 0 Å². The molecule has 0 radical (unpaired) electrons. The van der Waals surface area contributed by atoms with Gasteiger partial charge in [0.05, 0.1) is 21.2 Å². The average molecular weight is 147 g/mol.